The highest BCUT2D eigenvalue weighted by atomic mass is 19.4. The van der Waals surface area contributed by atoms with Gasteiger partial charge in [0.05, 0.1) is 24.9 Å². The molecule has 4 rings (SSSR count). The van der Waals surface area contributed by atoms with Gasteiger partial charge < -0.3 is 19.9 Å². The number of nitrogens with one attached hydrogen (secondary N) is 1. The number of benzene rings is 1. The molecule has 1 saturated carbocycles. The fraction of sp³-hybridized carbons (Fsp3) is 0.421. The molecule has 3 aromatic rings. The first-order valence-electron chi connectivity index (χ1n) is 9.32. The number of aliphatic hydroxyl groups excluding tert-OH is 1. The lowest BCUT2D eigenvalue weighted by Gasteiger charge is -2.31. The molecule has 1 aliphatic carbocycles. The molecule has 11 heteroatoms. The van der Waals surface area contributed by atoms with E-state index in [1.807, 2.05) is 0 Å². The smallest absolute Gasteiger partial charge is 0.422 e. The maximum atomic E-state index is 12.7. The van der Waals surface area contributed by atoms with E-state index < -0.39 is 12.8 Å². The van der Waals surface area contributed by atoms with Gasteiger partial charge in [0.1, 0.15) is 23.5 Å². The van der Waals surface area contributed by atoms with E-state index in [0.717, 1.165) is 12.8 Å². The Morgan fingerprint density at radius 3 is 2.77 bits per heavy atom. The molecule has 0 atom stereocenters. The van der Waals surface area contributed by atoms with Crippen LogP contribution < -0.4 is 14.8 Å². The van der Waals surface area contributed by atoms with Crippen LogP contribution in [0.5, 0.6) is 11.5 Å². The van der Waals surface area contributed by atoms with Gasteiger partial charge in [0.15, 0.2) is 6.61 Å². The molecule has 0 aliphatic heterocycles. The lowest BCUT2D eigenvalue weighted by molar-refractivity contribution is -0.153. The van der Waals surface area contributed by atoms with Gasteiger partial charge in [-0.15, -0.1) is 10.2 Å². The van der Waals surface area contributed by atoms with Gasteiger partial charge in [-0.1, -0.05) is 0 Å². The molecule has 2 N–H and O–H groups in total. The molecule has 1 fully saturated rings. The van der Waals surface area contributed by atoms with E-state index in [1.165, 1.54) is 13.2 Å². The van der Waals surface area contributed by atoms with E-state index in [4.69, 9.17) is 9.47 Å². The number of hydrogen-bond donors (Lipinski definition) is 2. The van der Waals surface area contributed by atoms with E-state index in [2.05, 4.69) is 20.5 Å². The highest BCUT2D eigenvalue weighted by Gasteiger charge is 2.30. The number of nitrogens with zero attached hydrogens (tertiary/aromatic N) is 4. The fourth-order valence-electron chi connectivity index (χ4n) is 3.36. The predicted molar refractivity (Wildman–Crippen MR) is 102 cm³/mol. The zero-order chi connectivity index (χ0) is 21.3. The van der Waals surface area contributed by atoms with Gasteiger partial charge in [-0.05, 0) is 30.9 Å². The highest BCUT2D eigenvalue weighted by Crippen LogP contribution is 2.36. The zero-order valence-corrected chi connectivity index (χ0v) is 16.1. The Morgan fingerprint density at radius 1 is 1.27 bits per heavy atom. The molecule has 30 heavy (non-hydrogen) atoms. The first-order chi connectivity index (χ1) is 14.3. The average Bonchev–Trinajstić information content (AvgIpc) is 3.18. The quantitative estimate of drug-likeness (QED) is 0.604. The van der Waals surface area contributed by atoms with Crippen LogP contribution in [0.25, 0.3) is 16.8 Å². The molecule has 0 spiro atoms. The summed E-state index contributed by atoms with van der Waals surface area (Å²) in [7, 11) is 1.42. The summed E-state index contributed by atoms with van der Waals surface area (Å²) in [5.74, 6) is 1.14. The van der Waals surface area contributed by atoms with Gasteiger partial charge in [0, 0.05) is 18.2 Å². The summed E-state index contributed by atoms with van der Waals surface area (Å²) in [4.78, 5) is 4.13. The number of halogens is 3. The van der Waals surface area contributed by atoms with Crippen molar-refractivity contribution in [1.82, 2.24) is 19.6 Å². The minimum atomic E-state index is -4.49. The van der Waals surface area contributed by atoms with Crippen molar-refractivity contribution in [1.29, 1.82) is 0 Å². The van der Waals surface area contributed by atoms with Gasteiger partial charge in [0.25, 0.3) is 0 Å². The van der Waals surface area contributed by atoms with Crippen molar-refractivity contribution >= 4 is 11.5 Å². The zero-order valence-electron chi connectivity index (χ0n) is 16.1. The van der Waals surface area contributed by atoms with Crippen molar-refractivity contribution in [3.05, 3.63) is 30.7 Å². The van der Waals surface area contributed by atoms with Crippen molar-refractivity contribution < 1.29 is 27.8 Å². The average molecular weight is 423 g/mol. The maximum absolute atomic E-state index is 12.7. The summed E-state index contributed by atoms with van der Waals surface area (Å²) in [5, 5.41) is 21.0. The van der Waals surface area contributed by atoms with Gasteiger partial charge in [-0.3, -0.25) is 4.40 Å². The largest absolute Gasteiger partial charge is 0.497 e. The Kier molecular flexibility index (Phi) is 5.37. The van der Waals surface area contributed by atoms with Crippen molar-refractivity contribution in [3.63, 3.8) is 0 Å². The summed E-state index contributed by atoms with van der Waals surface area (Å²) in [5.41, 5.74) is 1.23. The Hall–Kier alpha value is -3.08. The monoisotopic (exact) mass is 423 g/mol. The van der Waals surface area contributed by atoms with Crippen LogP contribution in [-0.2, 0) is 0 Å². The number of hydrogen-bond acceptors (Lipinski definition) is 7. The van der Waals surface area contributed by atoms with E-state index in [9.17, 15) is 18.3 Å². The molecule has 0 saturated heterocycles. The molecule has 1 aliphatic rings. The van der Waals surface area contributed by atoms with Crippen molar-refractivity contribution in [2.75, 3.05) is 25.6 Å². The SMILES string of the molecule is COc1ccc(-c2nnc(NCC3CC(O)C3)n3cncc23)c(OCC(F)(F)F)c1. The Labute approximate surface area is 169 Å². The number of aliphatic hydroxyl groups is 1. The third-order valence-corrected chi connectivity index (χ3v) is 4.95. The normalized spacial score (nSPS) is 18.8. The third-order valence-electron chi connectivity index (χ3n) is 4.95. The maximum Gasteiger partial charge on any atom is 0.422 e. The van der Waals surface area contributed by atoms with Crippen LogP contribution in [0.4, 0.5) is 19.1 Å². The van der Waals surface area contributed by atoms with Crippen LogP contribution >= 0.6 is 0 Å². The Morgan fingerprint density at radius 2 is 2.07 bits per heavy atom. The highest BCUT2D eigenvalue weighted by molar-refractivity contribution is 5.81. The van der Waals surface area contributed by atoms with E-state index in [0.29, 0.717) is 40.9 Å². The summed E-state index contributed by atoms with van der Waals surface area (Å²) >= 11 is 0. The van der Waals surface area contributed by atoms with Crippen LogP contribution in [0.3, 0.4) is 0 Å². The number of anilines is 1. The minimum absolute atomic E-state index is 0.0201. The van der Waals surface area contributed by atoms with E-state index >= 15 is 0 Å². The number of fused-ring (bicyclic) bond motifs is 1. The van der Waals surface area contributed by atoms with Crippen LogP contribution in [0.2, 0.25) is 0 Å². The number of ether oxygens (including phenoxy) is 2. The number of alkyl halides is 3. The number of imidazole rings is 1. The number of methoxy groups -OCH3 is 1. The second-order valence-corrected chi connectivity index (χ2v) is 7.16. The third kappa shape index (κ3) is 4.25. The molecule has 160 valence electrons. The second kappa shape index (κ2) is 7.98. The minimum Gasteiger partial charge on any atom is -0.497 e. The molecule has 1 aromatic carbocycles. The first kappa shape index (κ1) is 20.2. The molecular weight excluding hydrogens is 403 g/mol. The molecule has 0 bridgehead atoms. The Balaban J connectivity index is 1.66. The predicted octanol–water partition coefficient (Wildman–Crippen LogP) is 2.92. The standard InChI is InChI=1S/C19H20F3N5O3/c1-29-13-2-3-14(16(6-13)30-9-19(20,21)22)17-15-8-23-10-27(15)18(26-25-17)24-7-11-4-12(28)5-11/h2-3,6,8,10-12,28H,4-5,7,9H2,1H3,(H,24,26). The van der Waals surface area contributed by atoms with E-state index in [1.54, 1.807) is 29.1 Å². The molecular formula is C19H20F3N5O3. The molecule has 0 radical (unpaired) electrons. The van der Waals surface area contributed by atoms with Crippen molar-refractivity contribution in [2.24, 2.45) is 5.92 Å². The molecule has 2 aromatic heterocycles. The van der Waals surface area contributed by atoms with Crippen LogP contribution in [0.1, 0.15) is 12.8 Å². The lowest BCUT2D eigenvalue weighted by Crippen LogP contribution is -2.33. The summed E-state index contributed by atoms with van der Waals surface area (Å²) in [6.45, 7) is -0.816. The summed E-state index contributed by atoms with van der Waals surface area (Å²) in [6, 6.07) is 4.56. The summed E-state index contributed by atoms with van der Waals surface area (Å²) in [6.07, 6.45) is -0.162. The van der Waals surface area contributed by atoms with Gasteiger partial charge in [-0.25, -0.2) is 4.98 Å². The Bertz CT molecular complexity index is 1030. The van der Waals surface area contributed by atoms with Crippen LogP contribution in [0, 0.1) is 5.92 Å². The fourth-order valence-corrected chi connectivity index (χ4v) is 3.36. The van der Waals surface area contributed by atoms with Gasteiger partial charge >= 0.3 is 6.18 Å². The number of rotatable bonds is 7. The molecule has 0 unspecified atom stereocenters. The van der Waals surface area contributed by atoms with E-state index in [-0.39, 0.29) is 11.9 Å². The molecule has 0 amide bonds. The van der Waals surface area contributed by atoms with Gasteiger partial charge in [-0.2, -0.15) is 13.2 Å². The molecule has 8 nitrogen and oxygen atoms in total. The van der Waals surface area contributed by atoms with Crippen molar-refractivity contribution in [3.8, 4) is 22.8 Å². The molecule has 2 heterocycles. The van der Waals surface area contributed by atoms with Crippen molar-refractivity contribution in [2.45, 2.75) is 25.1 Å². The topological polar surface area (TPSA) is 93.8 Å². The van der Waals surface area contributed by atoms with Gasteiger partial charge in [0.2, 0.25) is 5.95 Å². The number of aromatic nitrogens is 4. The lowest BCUT2D eigenvalue weighted by atomic mass is 9.82. The first-order valence-corrected chi connectivity index (χ1v) is 9.32. The van der Waals surface area contributed by atoms with Crippen LogP contribution in [-0.4, -0.2) is 57.2 Å². The summed E-state index contributed by atoms with van der Waals surface area (Å²) < 4.78 is 49.9. The van der Waals surface area contributed by atoms with Crippen LogP contribution in [0.15, 0.2) is 30.7 Å². The second-order valence-electron chi connectivity index (χ2n) is 7.16.